The molecular weight excluding hydrogens is 666 g/mol. The molecule has 0 aliphatic rings. The molecule has 0 bridgehead atoms. The summed E-state index contributed by atoms with van der Waals surface area (Å²) in [5.74, 6) is -1.07. The predicted octanol–water partition coefficient (Wildman–Crippen LogP) is 6.30. The van der Waals surface area contributed by atoms with Crippen molar-refractivity contribution in [2.24, 2.45) is 0 Å². The number of hydrogen-bond acceptors (Lipinski definition) is 9. The zero-order valence-corrected chi connectivity index (χ0v) is 27.8. The Morgan fingerprint density at radius 3 is 1.47 bits per heavy atom. The van der Waals surface area contributed by atoms with Gasteiger partial charge in [0.15, 0.2) is 25.5 Å². The van der Waals surface area contributed by atoms with Gasteiger partial charge in [0, 0.05) is 53.4 Å². The van der Waals surface area contributed by atoms with Crippen LogP contribution < -0.4 is 0 Å². The Hall–Kier alpha value is -5.72. The molecule has 0 N–H and O–H groups in total. The number of carbonyl (C=O) groups is 2. The normalized spacial score (nSPS) is 11.2. The van der Waals surface area contributed by atoms with Gasteiger partial charge in [0.2, 0.25) is 5.78 Å². The van der Waals surface area contributed by atoms with E-state index in [2.05, 4.69) is 15.0 Å². The van der Waals surface area contributed by atoms with E-state index in [0.29, 0.717) is 39.3 Å². The number of hydrogen-bond donors (Lipinski definition) is 0. The molecule has 6 rings (SSSR count). The summed E-state index contributed by atoms with van der Waals surface area (Å²) in [7, 11) is -6.57. The molecule has 0 saturated heterocycles. The SMILES string of the molecule is CS(=O)(=O)c1ccc(-c2ncccc2C(=O)c2cccc(F)c2)cc1.CS(=O)(=O)c1ccc(-c2ncccc2C(=O)c2ccccn2)cc1. The monoisotopic (exact) mass is 693 g/mol. The van der Waals surface area contributed by atoms with Crippen molar-refractivity contribution < 1.29 is 30.8 Å². The summed E-state index contributed by atoms with van der Waals surface area (Å²) in [6, 6.07) is 29.6. The van der Waals surface area contributed by atoms with Crippen molar-refractivity contribution in [2.75, 3.05) is 12.5 Å². The van der Waals surface area contributed by atoms with E-state index in [1.165, 1.54) is 48.5 Å². The molecule has 3 heterocycles. The molecule has 0 saturated carbocycles. The lowest BCUT2D eigenvalue weighted by Crippen LogP contribution is -2.06. The number of aromatic nitrogens is 3. The summed E-state index contributed by atoms with van der Waals surface area (Å²) in [4.78, 5) is 38.4. The number of sulfone groups is 2. The van der Waals surface area contributed by atoms with E-state index in [9.17, 15) is 30.8 Å². The van der Waals surface area contributed by atoms with Crippen LogP contribution in [0.1, 0.15) is 32.0 Å². The summed E-state index contributed by atoms with van der Waals surface area (Å²) >= 11 is 0. The molecule has 0 fully saturated rings. The average molecular weight is 694 g/mol. The van der Waals surface area contributed by atoms with Gasteiger partial charge in [0.05, 0.1) is 26.7 Å². The van der Waals surface area contributed by atoms with E-state index in [4.69, 9.17) is 0 Å². The second-order valence-corrected chi connectivity index (χ2v) is 14.8. The molecular formula is C37H28FN3O6S2. The molecule has 3 aromatic heterocycles. The van der Waals surface area contributed by atoms with Crippen molar-refractivity contribution in [3.05, 3.63) is 162 Å². The van der Waals surface area contributed by atoms with Crippen LogP contribution in [-0.2, 0) is 19.7 Å². The van der Waals surface area contributed by atoms with Crippen molar-refractivity contribution in [1.82, 2.24) is 15.0 Å². The number of halogens is 1. The standard InChI is InChI=1S/C19H14FNO3S.C18H14N2O3S/c1-25(23,24)16-9-7-13(8-10-16)18-17(6-3-11-21-18)19(22)14-4-2-5-15(20)12-14;1-24(22,23)14-9-7-13(8-10-14)17-15(5-4-12-20-17)18(21)16-6-2-3-11-19-16/h2-12H,1H3;2-12H,1H3. The minimum atomic E-state index is -3.30. The summed E-state index contributed by atoms with van der Waals surface area (Å²) in [5.41, 5.74) is 3.48. The fourth-order valence-electron chi connectivity index (χ4n) is 4.78. The highest BCUT2D eigenvalue weighted by molar-refractivity contribution is 7.91. The minimum Gasteiger partial charge on any atom is -0.289 e. The van der Waals surface area contributed by atoms with Crippen LogP contribution in [0.15, 0.2) is 144 Å². The fourth-order valence-corrected chi connectivity index (χ4v) is 6.04. The van der Waals surface area contributed by atoms with Crippen LogP contribution in [0.2, 0.25) is 0 Å². The third-order valence-electron chi connectivity index (χ3n) is 7.20. The van der Waals surface area contributed by atoms with Crippen molar-refractivity contribution in [3.63, 3.8) is 0 Å². The maximum absolute atomic E-state index is 13.4. The van der Waals surface area contributed by atoms with Gasteiger partial charge in [0.25, 0.3) is 0 Å². The molecule has 0 atom stereocenters. The maximum atomic E-state index is 13.4. The van der Waals surface area contributed by atoms with Crippen LogP contribution >= 0.6 is 0 Å². The van der Waals surface area contributed by atoms with Gasteiger partial charge in [-0.1, -0.05) is 42.5 Å². The quantitative estimate of drug-likeness (QED) is 0.168. The third kappa shape index (κ3) is 8.42. The lowest BCUT2D eigenvalue weighted by Gasteiger charge is -2.09. The van der Waals surface area contributed by atoms with E-state index < -0.39 is 25.5 Å². The first kappa shape index (κ1) is 34.6. The van der Waals surface area contributed by atoms with Crippen molar-refractivity contribution >= 4 is 31.2 Å². The van der Waals surface area contributed by atoms with E-state index in [1.807, 2.05) is 0 Å². The van der Waals surface area contributed by atoms with Crippen LogP contribution in [0, 0.1) is 5.82 Å². The Kier molecular flexibility index (Phi) is 10.3. The summed E-state index contributed by atoms with van der Waals surface area (Å²) in [6.07, 6.45) is 6.97. The second-order valence-electron chi connectivity index (χ2n) is 10.8. The number of benzene rings is 3. The number of nitrogens with zero attached hydrogens (tertiary/aromatic N) is 3. The minimum absolute atomic E-state index is 0.185. The molecule has 12 heteroatoms. The zero-order valence-electron chi connectivity index (χ0n) is 26.2. The number of rotatable bonds is 8. The highest BCUT2D eigenvalue weighted by Gasteiger charge is 2.18. The lowest BCUT2D eigenvalue weighted by atomic mass is 9.98. The van der Waals surface area contributed by atoms with Crippen molar-refractivity contribution in [1.29, 1.82) is 0 Å². The van der Waals surface area contributed by atoms with Gasteiger partial charge >= 0.3 is 0 Å². The number of ketones is 2. The third-order valence-corrected chi connectivity index (χ3v) is 9.46. The molecule has 0 amide bonds. The molecule has 0 spiro atoms. The van der Waals surface area contributed by atoms with E-state index in [-0.39, 0.29) is 26.9 Å². The van der Waals surface area contributed by atoms with Crippen LogP contribution in [0.4, 0.5) is 4.39 Å². The topological polar surface area (TPSA) is 141 Å². The van der Waals surface area contributed by atoms with Gasteiger partial charge in [-0.2, -0.15) is 0 Å². The van der Waals surface area contributed by atoms with Gasteiger partial charge in [-0.25, -0.2) is 21.2 Å². The highest BCUT2D eigenvalue weighted by atomic mass is 32.2. The largest absolute Gasteiger partial charge is 0.289 e. The Morgan fingerprint density at radius 2 is 1.02 bits per heavy atom. The molecule has 0 unspecified atom stereocenters. The Bertz CT molecular complexity index is 2370. The average Bonchev–Trinajstić information content (AvgIpc) is 3.11. The number of pyridine rings is 3. The summed E-state index contributed by atoms with van der Waals surface area (Å²) in [6.45, 7) is 0. The van der Waals surface area contributed by atoms with Crippen LogP contribution in [-0.4, -0.2) is 55.9 Å². The van der Waals surface area contributed by atoms with E-state index >= 15 is 0 Å². The molecule has 246 valence electrons. The summed E-state index contributed by atoms with van der Waals surface area (Å²) in [5, 5.41) is 0. The van der Waals surface area contributed by atoms with E-state index in [1.54, 1.807) is 85.3 Å². The summed E-state index contributed by atoms with van der Waals surface area (Å²) < 4.78 is 59.7. The molecule has 6 aromatic rings. The number of carbonyl (C=O) groups excluding carboxylic acids is 2. The zero-order chi connectivity index (χ0) is 35.2. The first-order chi connectivity index (χ1) is 23.3. The maximum Gasteiger partial charge on any atom is 0.213 e. The predicted molar refractivity (Wildman–Crippen MR) is 183 cm³/mol. The van der Waals surface area contributed by atoms with Crippen molar-refractivity contribution in [2.45, 2.75) is 9.79 Å². The molecule has 3 aromatic carbocycles. The second kappa shape index (κ2) is 14.6. The van der Waals surface area contributed by atoms with E-state index in [0.717, 1.165) is 12.5 Å². The van der Waals surface area contributed by atoms with Gasteiger partial charge in [0.1, 0.15) is 11.5 Å². The van der Waals surface area contributed by atoms with Gasteiger partial charge in [-0.05, 0) is 72.8 Å². The first-order valence-corrected chi connectivity index (χ1v) is 18.4. The van der Waals surface area contributed by atoms with Gasteiger partial charge in [-0.3, -0.25) is 24.5 Å². The van der Waals surface area contributed by atoms with Crippen LogP contribution in [0.25, 0.3) is 22.5 Å². The smallest absolute Gasteiger partial charge is 0.213 e. The molecule has 0 aliphatic carbocycles. The first-order valence-electron chi connectivity index (χ1n) is 14.6. The Morgan fingerprint density at radius 1 is 0.531 bits per heavy atom. The van der Waals surface area contributed by atoms with Gasteiger partial charge in [-0.15, -0.1) is 0 Å². The van der Waals surface area contributed by atoms with Crippen molar-refractivity contribution in [3.8, 4) is 22.5 Å². The molecule has 49 heavy (non-hydrogen) atoms. The molecule has 9 nitrogen and oxygen atoms in total. The van der Waals surface area contributed by atoms with Gasteiger partial charge < -0.3 is 0 Å². The fraction of sp³-hybridized carbons (Fsp3) is 0.0541. The Labute approximate surface area is 283 Å². The molecule has 0 radical (unpaired) electrons. The molecule has 0 aliphatic heterocycles. The lowest BCUT2D eigenvalue weighted by molar-refractivity contribution is 0.102. The highest BCUT2D eigenvalue weighted by Crippen LogP contribution is 2.26. The van der Waals surface area contributed by atoms with Crippen LogP contribution in [0.5, 0.6) is 0 Å². The van der Waals surface area contributed by atoms with Crippen LogP contribution in [0.3, 0.4) is 0 Å². The Balaban J connectivity index is 0.000000191.